The molecule has 33 heavy (non-hydrogen) atoms. The van der Waals surface area contributed by atoms with Gasteiger partial charge in [-0.05, 0) is 26.1 Å². The summed E-state index contributed by atoms with van der Waals surface area (Å²) in [7, 11) is -1.21. The number of phenols is 2. The summed E-state index contributed by atoms with van der Waals surface area (Å²) >= 11 is 6.36. The summed E-state index contributed by atoms with van der Waals surface area (Å²) in [6.45, 7) is 0.715. The van der Waals surface area contributed by atoms with Crippen molar-refractivity contribution in [2.45, 2.75) is 18.4 Å². The van der Waals surface area contributed by atoms with Crippen LogP contribution in [0.25, 0.3) is 22.3 Å². The third-order valence-electron chi connectivity index (χ3n) is 5.79. The first kappa shape index (κ1) is 23.8. The Bertz CT molecular complexity index is 1340. The van der Waals surface area contributed by atoms with E-state index >= 15 is 0 Å². The van der Waals surface area contributed by atoms with Gasteiger partial charge in [-0.2, -0.15) is 0 Å². The van der Waals surface area contributed by atoms with E-state index in [1.165, 1.54) is 6.07 Å². The first-order chi connectivity index (χ1) is 15.4. The monoisotopic (exact) mass is 493 g/mol. The first-order valence-corrected chi connectivity index (χ1v) is 12.1. The Balaban J connectivity index is 1.97. The molecule has 2 heterocycles. The predicted octanol–water partition coefficient (Wildman–Crippen LogP) is 1.68. The fourth-order valence-electron chi connectivity index (χ4n) is 4.32. The van der Waals surface area contributed by atoms with Crippen LogP contribution < -0.4 is 10.9 Å². The number of rotatable bonds is 4. The van der Waals surface area contributed by atoms with Gasteiger partial charge in [0.15, 0.2) is 5.43 Å². The standard InChI is InChI=1S/C21H22BClNO8P/c1-24-5-4-12(18(9-24)32-33(28,29)30)19-14(25)7-15(26)20-16(27)8-17(31-21(19)20)11-3-2-10(22)6-13(11)23/h2-3,6-8,12,18,25-26H,4-5,9,22H2,1H3,(H2,28,29,30). The van der Waals surface area contributed by atoms with E-state index in [1.54, 1.807) is 25.2 Å². The maximum Gasteiger partial charge on any atom is 0.469 e. The van der Waals surface area contributed by atoms with Crippen LogP contribution in [0.5, 0.6) is 11.5 Å². The number of likely N-dealkylation sites (tertiary alicyclic amines) is 1. The normalized spacial score (nSPS) is 19.8. The van der Waals surface area contributed by atoms with E-state index in [2.05, 4.69) is 0 Å². The van der Waals surface area contributed by atoms with Gasteiger partial charge in [-0.1, -0.05) is 29.2 Å². The zero-order chi connectivity index (χ0) is 24.1. The summed E-state index contributed by atoms with van der Waals surface area (Å²) in [5.41, 5.74) is 0.854. The fourth-order valence-corrected chi connectivity index (χ4v) is 5.21. The van der Waals surface area contributed by atoms with Crippen LogP contribution in [0.4, 0.5) is 0 Å². The number of phenolic OH excluding ortho intramolecular Hbond substituents is 2. The van der Waals surface area contributed by atoms with E-state index in [9.17, 15) is 29.4 Å². The van der Waals surface area contributed by atoms with Crippen LogP contribution in [-0.4, -0.2) is 59.0 Å². The number of hydrogen-bond acceptors (Lipinski definition) is 7. The lowest BCUT2D eigenvalue weighted by Gasteiger charge is -2.36. The highest BCUT2D eigenvalue weighted by molar-refractivity contribution is 7.46. The smallest absolute Gasteiger partial charge is 0.469 e. The van der Waals surface area contributed by atoms with Gasteiger partial charge in [-0.3, -0.25) is 9.32 Å². The Labute approximate surface area is 194 Å². The molecule has 2 unspecified atom stereocenters. The number of likely N-dealkylation sites (N-methyl/N-ethyl adjacent to an activating group) is 1. The molecule has 0 bridgehead atoms. The third kappa shape index (κ3) is 4.82. The summed E-state index contributed by atoms with van der Waals surface area (Å²) in [6.07, 6.45) is -0.645. The van der Waals surface area contributed by atoms with E-state index in [0.29, 0.717) is 23.6 Å². The maximum absolute atomic E-state index is 13.0. The van der Waals surface area contributed by atoms with Crippen LogP contribution in [-0.2, 0) is 9.09 Å². The zero-order valence-corrected chi connectivity index (χ0v) is 19.5. The lowest BCUT2D eigenvalue weighted by molar-refractivity contribution is 0.0544. The van der Waals surface area contributed by atoms with E-state index in [1.807, 2.05) is 12.7 Å². The molecule has 0 saturated carbocycles. The maximum atomic E-state index is 13.0. The van der Waals surface area contributed by atoms with Gasteiger partial charge in [0.2, 0.25) is 0 Å². The second-order valence-electron chi connectivity index (χ2n) is 8.28. The van der Waals surface area contributed by atoms with Gasteiger partial charge >= 0.3 is 7.82 Å². The lowest BCUT2D eigenvalue weighted by Crippen LogP contribution is -2.41. The Kier molecular flexibility index (Phi) is 6.35. The van der Waals surface area contributed by atoms with Gasteiger partial charge in [0.05, 0.1) is 11.1 Å². The van der Waals surface area contributed by atoms with Crippen molar-refractivity contribution >= 4 is 43.7 Å². The molecule has 1 aliphatic rings. The average Bonchev–Trinajstić information content (AvgIpc) is 2.67. The molecule has 9 nitrogen and oxygen atoms in total. The van der Waals surface area contributed by atoms with Crippen LogP contribution in [0.3, 0.4) is 0 Å². The fraction of sp³-hybridized carbons (Fsp3) is 0.286. The summed E-state index contributed by atoms with van der Waals surface area (Å²) in [5, 5.41) is 21.4. The van der Waals surface area contributed by atoms with Gasteiger partial charge in [0, 0.05) is 35.7 Å². The number of phosphoric acid groups is 1. The molecule has 4 N–H and O–H groups in total. The zero-order valence-electron chi connectivity index (χ0n) is 17.9. The lowest BCUT2D eigenvalue weighted by atomic mass is 9.85. The molecule has 1 aliphatic heterocycles. The number of halogens is 1. The summed E-state index contributed by atoms with van der Waals surface area (Å²) < 4.78 is 22.7. The molecule has 3 aromatic rings. The Morgan fingerprint density at radius 3 is 2.61 bits per heavy atom. The number of aromatic hydroxyl groups is 2. The quantitative estimate of drug-likeness (QED) is 0.315. The van der Waals surface area contributed by atoms with Crippen LogP contribution >= 0.6 is 19.4 Å². The Morgan fingerprint density at radius 1 is 1.21 bits per heavy atom. The van der Waals surface area contributed by atoms with Crippen molar-refractivity contribution in [3.63, 3.8) is 0 Å². The van der Waals surface area contributed by atoms with Crippen molar-refractivity contribution in [2.75, 3.05) is 20.1 Å². The Hall–Kier alpha value is -2.33. The molecule has 0 radical (unpaired) electrons. The first-order valence-electron chi connectivity index (χ1n) is 10.2. The van der Waals surface area contributed by atoms with Crippen molar-refractivity contribution < 1.29 is 33.5 Å². The van der Waals surface area contributed by atoms with E-state index in [4.69, 9.17) is 20.5 Å². The SMILES string of the molecule is Bc1ccc(-c2cc(=O)c3c(O)cc(O)c(C4CCN(C)CC4OP(=O)(O)O)c3o2)c(Cl)c1. The number of fused-ring (bicyclic) bond motifs is 1. The van der Waals surface area contributed by atoms with Gasteiger partial charge in [0.25, 0.3) is 0 Å². The molecular weight excluding hydrogens is 471 g/mol. The second-order valence-corrected chi connectivity index (χ2v) is 9.88. The average molecular weight is 494 g/mol. The van der Waals surface area contributed by atoms with Gasteiger partial charge in [-0.15, -0.1) is 0 Å². The van der Waals surface area contributed by atoms with E-state index in [-0.39, 0.29) is 34.6 Å². The molecule has 2 aromatic carbocycles. The minimum absolute atomic E-state index is 0.0829. The minimum atomic E-state index is -4.85. The third-order valence-corrected chi connectivity index (χ3v) is 6.65. The number of phosphoric ester groups is 1. The van der Waals surface area contributed by atoms with Crippen molar-refractivity contribution in [2.24, 2.45) is 0 Å². The number of piperidine rings is 1. The highest BCUT2D eigenvalue weighted by Crippen LogP contribution is 2.47. The molecule has 0 amide bonds. The number of hydrogen-bond donors (Lipinski definition) is 4. The Morgan fingerprint density at radius 2 is 1.94 bits per heavy atom. The minimum Gasteiger partial charge on any atom is -0.507 e. The van der Waals surface area contributed by atoms with Gasteiger partial charge < -0.3 is 29.3 Å². The van der Waals surface area contributed by atoms with Crippen LogP contribution in [0.2, 0.25) is 5.02 Å². The molecular formula is C21H22BClNO8P. The van der Waals surface area contributed by atoms with Gasteiger partial charge in [0.1, 0.15) is 36.1 Å². The summed E-state index contributed by atoms with van der Waals surface area (Å²) in [4.78, 5) is 33.6. The van der Waals surface area contributed by atoms with Crippen molar-refractivity contribution in [3.05, 3.63) is 51.1 Å². The molecule has 0 aliphatic carbocycles. The summed E-state index contributed by atoms with van der Waals surface area (Å²) in [6, 6.07) is 7.44. The molecule has 12 heteroatoms. The van der Waals surface area contributed by atoms with Crippen molar-refractivity contribution in [1.29, 1.82) is 0 Å². The molecule has 4 rings (SSSR count). The van der Waals surface area contributed by atoms with Crippen LogP contribution in [0.1, 0.15) is 17.9 Å². The second kappa shape index (κ2) is 8.79. The number of benzene rings is 2. The molecule has 174 valence electrons. The predicted molar refractivity (Wildman–Crippen MR) is 126 cm³/mol. The highest BCUT2D eigenvalue weighted by Gasteiger charge is 2.38. The van der Waals surface area contributed by atoms with Gasteiger partial charge in [-0.25, -0.2) is 4.57 Å². The molecule has 1 aromatic heterocycles. The van der Waals surface area contributed by atoms with E-state index < -0.39 is 31.0 Å². The van der Waals surface area contributed by atoms with E-state index in [0.717, 1.165) is 11.5 Å². The highest BCUT2D eigenvalue weighted by atomic mass is 35.5. The molecule has 1 fully saturated rings. The van der Waals surface area contributed by atoms with Crippen LogP contribution in [0.15, 0.2) is 39.5 Å². The molecule has 1 saturated heterocycles. The topological polar surface area (TPSA) is 141 Å². The molecule has 2 atom stereocenters. The van der Waals surface area contributed by atoms with Crippen molar-refractivity contribution in [3.8, 4) is 22.8 Å². The number of nitrogens with zero attached hydrogens (tertiary/aromatic N) is 1. The van der Waals surface area contributed by atoms with Crippen molar-refractivity contribution in [1.82, 2.24) is 4.90 Å². The summed E-state index contributed by atoms with van der Waals surface area (Å²) in [5.74, 6) is -1.43. The van der Waals surface area contributed by atoms with Crippen LogP contribution in [0, 0.1) is 0 Å². The molecule has 0 spiro atoms. The largest absolute Gasteiger partial charge is 0.507 e.